The van der Waals surface area contributed by atoms with Gasteiger partial charge in [0.05, 0.1) is 6.61 Å². The number of amides is 1. The summed E-state index contributed by atoms with van der Waals surface area (Å²) in [6.45, 7) is -0.964. The summed E-state index contributed by atoms with van der Waals surface area (Å²) < 4.78 is 14.6. The molecule has 0 aliphatic rings. The van der Waals surface area contributed by atoms with E-state index in [4.69, 9.17) is 13.9 Å². The average molecular weight is 433 g/mol. The van der Waals surface area contributed by atoms with E-state index in [1.807, 2.05) is 0 Å². The quantitative estimate of drug-likeness (QED) is 0.264. The summed E-state index contributed by atoms with van der Waals surface area (Å²) >= 11 is 0. The van der Waals surface area contributed by atoms with Crippen molar-refractivity contribution in [3.8, 4) is 0 Å². The number of hydrogen-bond acceptors (Lipinski definition) is 10. The van der Waals surface area contributed by atoms with Crippen molar-refractivity contribution >= 4 is 40.9 Å². The number of carboxylic acids is 1. The van der Waals surface area contributed by atoms with Crippen LogP contribution in [0.15, 0.2) is 34.2 Å². The minimum Gasteiger partial charge on any atom is -0.480 e. The number of nitrogens with zero attached hydrogens (tertiary/aromatic N) is 3. The second-order valence-corrected chi connectivity index (χ2v) is 7.44. The number of hydrogen-bond donors (Lipinski definition) is 1. The highest BCUT2D eigenvalue weighted by atomic mass is 31.2. The largest absolute Gasteiger partial charge is 0.480 e. The van der Waals surface area contributed by atoms with Crippen LogP contribution in [0, 0.1) is 9.81 Å². The first-order valence-corrected chi connectivity index (χ1v) is 9.89. The third-order valence-corrected chi connectivity index (χ3v) is 5.15. The van der Waals surface area contributed by atoms with Gasteiger partial charge >= 0.3 is 23.0 Å². The summed E-state index contributed by atoms with van der Waals surface area (Å²) in [5.41, 5.74) is 1.12. The molecule has 0 aliphatic heterocycles. The van der Waals surface area contributed by atoms with Crippen LogP contribution >= 0.6 is 17.1 Å². The SMILES string of the molecule is CN(C(=O)CCC=O)c1cccc(COP(N=O)OP(N=O)OCC(=O)O)c1. The average Bonchev–Trinajstić information content (AvgIpc) is 2.71. The highest BCUT2D eigenvalue weighted by molar-refractivity contribution is 7.59. The smallest absolute Gasteiger partial charge is 0.360 e. The van der Waals surface area contributed by atoms with E-state index in [1.54, 1.807) is 31.3 Å². The minimum atomic E-state index is -2.53. The molecule has 0 bridgehead atoms. The Balaban J connectivity index is 2.65. The van der Waals surface area contributed by atoms with E-state index in [2.05, 4.69) is 14.4 Å². The zero-order valence-electron chi connectivity index (χ0n) is 14.7. The van der Waals surface area contributed by atoms with Gasteiger partial charge in [-0.1, -0.05) is 12.1 Å². The standard InChI is InChI=1S/C14H17N3O9P2/c1-17(13(19)6-3-7-18)12-5-2-4-11(8-12)9-24-27(15-22)26-28(16-23)25-10-14(20)21/h2,4-5,7-8H,3,6,9-10H2,1H3,(H,20,21). The molecule has 0 saturated heterocycles. The molecule has 2 atom stereocenters. The molecule has 12 nitrogen and oxygen atoms in total. The van der Waals surface area contributed by atoms with Crippen LogP contribution in [-0.2, 0) is 34.3 Å². The van der Waals surface area contributed by atoms with Gasteiger partial charge in [0.25, 0.3) is 0 Å². The van der Waals surface area contributed by atoms with Crippen LogP contribution in [0.5, 0.6) is 0 Å². The number of anilines is 1. The van der Waals surface area contributed by atoms with Crippen LogP contribution in [-0.4, -0.2) is 36.9 Å². The van der Waals surface area contributed by atoms with Crippen molar-refractivity contribution in [1.82, 2.24) is 0 Å². The number of carboxylic acid groups (broad SMARTS) is 1. The predicted molar refractivity (Wildman–Crippen MR) is 100 cm³/mol. The van der Waals surface area contributed by atoms with E-state index in [-0.39, 0.29) is 25.4 Å². The number of rotatable bonds is 14. The van der Waals surface area contributed by atoms with Crippen LogP contribution in [0.3, 0.4) is 0 Å². The number of carbonyl (C=O) groups excluding carboxylic acids is 2. The zero-order chi connectivity index (χ0) is 20.9. The van der Waals surface area contributed by atoms with Gasteiger partial charge in [-0.05, 0) is 17.7 Å². The summed E-state index contributed by atoms with van der Waals surface area (Å²) in [4.78, 5) is 60.6. The summed E-state index contributed by atoms with van der Waals surface area (Å²) in [6.07, 6.45) is 0.859. The van der Waals surface area contributed by atoms with Gasteiger partial charge in [-0.25, -0.2) is 9.11 Å². The van der Waals surface area contributed by atoms with Crippen molar-refractivity contribution in [2.75, 3.05) is 18.6 Å². The molecule has 1 rings (SSSR count). The fraction of sp³-hybridized carbons (Fsp3) is 0.357. The van der Waals surface area contributed by atoms with Crippen molar-refractivity contribution in [2.24, 2.45) is 9.89 Å². The number of aldehydes is 1. The molecular formula is C14H17N3O9P2. The maximum Gasteiger partial charge on any atom is 0.360 e. The molecule has 1 aromatic carbocycles. The van der Waals surface area contributed by atoms with Gasteiger partial charge in [-0.15, -0.1) is 9.81 Å². The highest BCUT2D eigenvalue weighted by Gasteiger charge is 2.24. The first-order valence-electron chi connectivity index (χ1n) is 7.63. The Morgan fingerprint density at radius 1 is 1.21 bits per heavy atom. The lowest BCUT2D eigenvalue weighted by molar-refractivity contribution is -0.139. The number of aliphatic carboxylic acids is 1. The number of nitroso groups, excluding NO2 is 2. The molecule has 1 N–H and O–H groups in total. The van der Waals surface area contributed by atoms with Gasteiger partial charge in [-0.2, -0.15) is 0 Å². The lowest BCUT2D eigenvalue weighted by Crippen LogP contribution is -2.26. The second kappa shape index (κ2) is 13.0. The van der Waals surface area contributed by atoms with Gasteiger partial charge < -0.3 is 23.8 Å². The van der Waals surface area contributed by atoms with Crippen molar-refractivity contribution in [3.05, 3.63) is 39.6 Å². The fourth-order valence-corrected chi connectivity index (χ4v) is 3.44. The molecule has 28 heavy (non-hydrogen) atoms. The third-order valence-electron chi connectivity index (χ3n) is 3.06. The van der Waals surface area contributed by atoms with Gasteiger partial charge in [0.2, 0.25) is 5.91 Å². The monoisotopic (exact) mass is 433 g/mol. The van der Waals surface area contributed by atoms with Crippen molar-refractivity contribution in [1.29, 1.82) is 0 Å². The lowest BCUT2D eigenvalue weighted by Gasteiger charge is -2.18. The topological polar surface area (TPSA) is 161 Å². The van der Waals surface area contributed by atoms with Crippen molar-refractivity contribution in [3.63, 3.8) is 0 Å². The summed E-state index contributed by atoms with van der Waals surface area (Å²) in [7, 11) is -3.41. The van der Waals surface area contributed by atoms with Crippen LogP contribution < -0.4 is 4.90 Å². The third kappa shape index (κ3) is 8.64. The molecule has 1 aromatic rings. The van der Waals surface area contributed by atoms with Crippen LogP contribution in [0.25, 0.3) is 0 Å². The second-order valence-electron chi connectivity index (χ2n) is 4.99. The maximum absolute atomic E-state index is 12.0. The van der Waals surface area contributed by atoms with Gasteiger partial charge in [0, 0.05) is 35.5 Å². The Morgan fingerprint density at radius 3 is 2.50 bits per heavy atom. The maximum atomic E-state index is 12.0. The van der Waals surface area contributed by atoms with Crippen LogP contribution in [0.4, 0.5) is 5.69 Å². The Kier molecular flexibility index (Phi) is 11.1. The molecule has 2 unspecified atom stereocenters. The van der Waals surface area contributed by atoms with E-state index < -0.39 is 29.6 Å². The molecule has 14 heteroatoms. The van der Waals surface area contributed by atoms with Crippen LogP contribution in [0.2, 0.25) is 0 Å². The highest BCUT2D eigenvalue weighted by Crippen LogP contribution is 2.56. The van der Waals surface area contributed by atoms with Gasteiger partial charge in [0.15, 0.2) is 6.61 Å². The van der Waals surface area contributed by atoms with E-state index in [1.165, 1.54) is 4.90 Å². The zero-order valence-corrected chi connectivity index (χ0v) is 16.5. The molecule has 1 amide bonds. The Morgan fingerprint density at radius 2 is 1.89 bits per heavy atom. The molecule has 0 saturated carbocycles. The molecule has 0 aromatic heterocycles. The summed E-state index contributed by atoms with van der Waals surface area (Å²) in [5.74, 6) is -1.59. The van der Waals surface area contributed by atoms with Gasteiger partial charge in [0.1, 0.15) is 6.29 Å². The number of benzene rings is 1. The summed E-state index contributed by atoms with van der Waals surface area (Å²) in [5, 5.41) is 8.49. The Bertz CT molecular complexity index is 706. The van der Waals surface area contributed by atoms with Crippen molar-refractivity contribution in [2.45, 2.75) is 19.4 Å². The molecule has 0 spiro atoms. The van der Waals surface area contributed by atoms with E-state index in [0.717, 1.165) is 0 Å². The van der Waals surface area contributed by atoms with Crippen molar-refractivity contribution < 1.29 is 32.8 Å². The molecule has 0 heterocycles. The predicted octanol–water partition coefficient (Wildman–Crippen LogP) is 3.25. The Labute approximate surface area is 162 Å². The van der Waals surface area contributed by atoms with E-state index in [0.29, 0.717) is 17.5 Å². The fourth-order valence-electron chi connectivity index (χ4n) is 1.77. The molecule has 152 valence electrons. The minimum absolute atomic E-state index is 0.0769. The first-order chi connectivity index (χ1) is 13.4. The first kappa shape index (κ1) is 23.8. The summed E-state index contributed by atoms with van der Waals surface area (Å²) in [6, 6.07) is 6.62. The Hall–Kier alpha value is -2.23. The van der Waals surface area contributed by atoms with E-state index in [9.17, 15) is 24.2 Å². The lowest BCUT2D eigenvalue weighted by atomic mass is 10.2. The molecular weight excluding hydrogens is 416 g/mol. The van der Waals surface area contributed by atoms with E-state index >= 15 is 0 Å². The van der Waals surface area contributed by atoms with Gasteiger partial charge in [-0.3, -0.25) is 4.79 Å². The number of carbonyl (C=O) groups is 3. The molecule has 0 radical (unpaired) electrons. The molecule has 0 aliphatic carbocycles. The normalized spacial score (nSPS) is 12.6. The molecule has 0 fully saturated rings. The van der Waals surface area contributed by atoms with Crippen LogP contribution in [0.1, 0.15) is 18.4 Å².